The lowest BCUT2D eigenvalue weighted by Crippen LogP contribution is -2.44. The number of carbonyl (C=O) groups is 1. The fraction of sp³-hybridized carbons (Fsp3) is 0.533. The van der Waals surface area contributed by atoms with Crippen molar-refractivity contribution in [2.75, 3.05) is 6.54 Å². The second kappa shape index (κ2) is 6.53. The van der Waals surface area contributed by atoms with Crippen molar-refractivity contribution in [3.05, 3.63) is 34.3 Å². The van der Waals surface area contributed by atoms with Crippen molar-refractivity contribution in [1.29, 1.82) is 0 Å². The molecule has 1 aromatic rings. The largest absolute Gasteiger partial charge is 0.336 e. The number of nitrogens with two attached hydrogens (primary N) is 1. The zero-order chi connectivity index (χ0) is 13.8. The number of benzene rings is 1. The molecule has 0 saturated heterocycles. The maximum Gasteiger partial charge on any atom is 0.255 e. The summed E-state index contributed by atoms with van der Waals surface area (Å²) in [5, 5.41) is 0. The molecule has 1 amide bonds. The van der Waals surface area contributed by atoms with Gasteiger partial charge in [0, 0.05) is 23.1 Å². The van der Waals surface area contributed by atoms with E-state index in [2.05, 4.69) is 15.9 Å². The van der Waals surface area contributed by atoms with Crippen molar-refractivity contribution in [1.82, 2.24) is 4.90 Å². The smallest absolute Gasteiger partial charge is 0.255 e. The molecule has 4 heteroatoms. The summed E-state index contributed by atoms with van der Waals surface area (Å²) in [6, 6.07) is 8.28. The standard InChI is InChI=1S/C15H21BrN2O/c1-2-18(12-9-7-11(17)8-10-12)15(19)13-5-3-4-6-14(13)16/h3-6,11-12H,2,7-10,17H2,1H3. The van der Waals surface area contributed by atoms with E-state index in [0.29, 0.717) is 12.1 Å². The lowest BCUT2D eigenvalue weighted by atomic mass is 9.90. The minimum Gasteiger partial charge on any atom is -0.336 e. The molecule has 0 radical (unpaired) electrons. The van der Waals surface area contributed by atoms with Crippen LogP contribution in [0.1, 0.15) is 43.0 Å². The molecule has 0 heterocycles. The Morgan fingerprint density at radius 1 is 1.32 bits per heavy atom. The van der Waals surface area contributed by atoms with Crippen molar-refractivity contribution in [2.45, 2.75) is 44.7 Å². The first-order valence-electron chi connectivity index (χ1n) is 6.94. The lowest BCUT2D eigenvalue weighted by molar-refractivity contribution is 0.0640. The van der Waals surface area contributed by atoms with Crippen LogP contribution in [0.4, 0.5) is 0 Å². The van der Waals surface area contributed by atoms with Crippen molar-refractivity contribution in [3.63, 3.8) is 0 Å². The molecule has 1 saturated carbocycles. The van der Waals surface area contributed by atoms with Crippen LogP contribution in [0, 0.1) is 0 Å². The Labute approximate surface area is 123 Å². The molecule has 1 fully saturated rings. The summed E-state index contributed by atoms with van der Waals surface area (Å²) in [5.74, 6) is 0.121. The Morgan fingerprint density at radius 2 is 1.95 bits per heavy atom. The van der Waals surface area contributed by atoms with E-state index >= 15 is 0 Å². The number of nitrogens with zero attached hydrogens (tertiary/aromatic N) is 1. The second-order valence-electron chi connectivity index (χ2n) is 5.14. The highest BCUT2D eigenvalue weighted by Gasteiger charge is 2.27. The summed E-state index contributed by atoms with van der Waals surface area (Å²) in [6.45, 7) is 2.79. The zero-order valence-electron chi connectivity index (χ0n) is 11.3. The number of hydrogen-bond donors (Lipinski definition) is 1. The van der Waals surface area contributed by atoms with E-state index in [4.69, 9.17) is 5.73 Å². The third-order valence-corrected chi connectivity index (χ3v) is 4.58. The molecule has 0 spiro atoms. The van der Waals surface area contributed by atoms with Crippen molar-refractivity contribution >= 4 is 21.8 Å². The highest BCUT2D eigenvalue weighted by molar-refractivity contribution is 9.10. The van der Waals surface area contributed by atoms with Gasteiger partial charge >= 0.3 is 0 Å². The van der Waals surface area contributed by atoms with Crippen LogP contribution >= 0.6 is 15.9 Å². The first-order valence-corrected chi connectivity index (χ1v) is 7.73. The van der Waals surface area contributed by atoms with Crippen LogP contribution in [0.15, 0.2) is 28.7 Å². The average molecular weight is 325 g/mol. The van der Waals surface area contributed by atoms with Gasteiger partial charge in [0.25, 0.3) is 5.91 Å². The molecule has 1 aromatic carbocycles. The molecule has 0 aromatic heterocycles. The van der Waals surface area contributed by atoms with Gasteiger partial charge < -0.3 is 10.6 Å². The van der Waals surface area contributed by atoms with E-state index in [1.807, 2.05) is 36.1 Å². The van der Waals surface area contributed by atoms with Gasteiger partial charge in [-0.2, -0.15) is 0 Å². The lowest BCUT2D eigenvalue weighted by Gasteiger charge is -2.35. The summed E-state index contributed by atoms with van der Waals surface area (Å²) in [7, 11) is 0. The van der Waals surface area contributed by atoms with Gasteiger partial charge in [-0.3, -0.25) is 4.79 Å². The Morgan fingerprint density at radius 3 is 2.53 bits per heavy atom. The molecular formula is C15H21BrN2O. The summed E-state index contributed by atoms with van der Waals surface area (Å²) in [4.78, 5) is 14.6. The van der Waals surface area contributed by atoms with Crippen molar-refractivity contribution in [3.8, 4) is 0 Å². The Bertz CT molecular complexity index is 442. The molecule has 0 bridgehead atoms. The van der Waals surface area contributed by atoms with Crippen LogP contribution in [0.25, 0.3) is 0 Å². The Balaban J connectivity index is 2.13. The molecule has 0 atom stereocenters. The number of amides is 1. The van der Waals surface area contributed by atoms with E-state index in [1.54, 1.807) is 0 Å². The van der Waals surface area contributed by atoms with Gasteiger partial charge in [-0.1, -0.05) is 12.1 Å². The van der Waals surface area contributed by atoms with Crippen LogP contribution < -0.4 is 5.73 Å². The maximum atomic E-state index is 12.6. The van der Waals surface area contributed by atoms with E-state index in [1.165, 1.54) is 0 Å². The quantitative estimate of drug-likeness (QED) is 0.928. The Hall–Kier alpha value is -0.870. The van der Waals surface area contributed by atoms with Crippen molar-refractivity contribution in [2.24, 2.45) is 5.73 Å². The molecule has 0 aliphatic heterocycles. The zero-order valence-corrected chi connectivity index (χ0v) is 12.9. The van der Waals surface area contributed by atoms with Crippen LogP contribution in [-0.4, -0.2) is 29.4 Å². The molecular weight excluding hydrogens is 304 g/mol. The van der Waals surface area contributed by atoms with E-state index < -0.39 is 0 Å². The minimum atomic E-state index is 0.121. The predicted molar refractivity (Wildman–Crippen MR) is 81.1 cm³/mol. The summed E-state index contributed by atoms with van der Waals surface area (Å²) >= 11 is 3.46. The SMILES string of the molecule is CCN(C(=O)c1ccccc1Br)C1CCC(N)CC1. The molecule has 1 aliphatic rings. The highest BCUT2D eigenvalue weighted by Crippen LogP contribution is 2.25. The highest BCUT2D eigenvalue weighted by atomic mass is 79.9. The first-order chi connectivity index (χ1) is 9.13. The molecule has 0 unspecified atom stereocenters. The topological polar surface area (TPSA) is 46.3 Å². The van der Waals surface area contributed by atoms with Gasteiger partial charge in [0.05, 0.1) is 5.56 Å². The van der Waals surface area contributed by atoms with E-state index in [0.717, 1.165) is 42.3 Å². The summed E-state index contributed by atoms with van der Waals surface area (Å²) in [5.41, 5.74) is 6.69. The third-order valence-electron chi connectivity index (χ3n) is 3.89. The van der Waals surface area contributed by atoms with E-state index in [9.17, 15) is 4.79 Å². The van der Waals surface area contributed by atoms with E-state index in [-0.39, 0.29) is 5.91 Å². The molecule has 2 N–H and O–H groups in total. The van der Waals surface area contributed by atoms with Crippen LogP contribution in [-0.2, 0) is 0 Å². The van der Waals surface area contributed by atoms with Crippen LogP contribution in [0.2, 0.25) is 0 Å². The molecule has 3 nitrogen and oxygen atoms in total. The fourth-order valence-electron chi connectivity index (χ4n) is 2.77. The molecule has 2 rings (SSSR count). The number of carbonyl (C=O) groups excluding carboxylic acids is 1. The number of halogens is 1. The van der Waals surface area contributed by atoms with Gasteiger partial charge in [-0.15, -0.1) is 0 Å². The molecule has 1 aliphatic carbocycles. The predicted octanol–water partition coefficient (Wildman–Crippen LogP) is 3.18. The van der Waals surface area contributed by atoms with Crippen molar-refractivity contribution < 1.29 is 4.79 Å². The monoisotopic (exact) mass is 324 g/mol. The molecule has 104 valence electrons. The summed E-state index contributed by atoms with van der Waals surface area (Å²) in [6.07, 6.45) is 4.07. The maximum absolute atomic E-state index is 12.6. The Kier molecular flexibility index (Phi) is 4.99. The van der Waals surface area contributed by atoms with Gasteiger partial charge in [0.1, 0.15) is 0 Å². The van der Waals surface area contributed by atoms with Crippen LogP contribution in [0.5, 0.6) is 0 Å². The minimum absolute atomic E-state index is 0.121. The van der Waals surface area contributed by atoms with Gasteiger partial charge in [0.2, 0.25) is 0 Å². The van der Waals surface area contributed by atoms with Gasteiger partial charge in [-0.05, 0) is 60.7 Å². The average Bonchev–Trinajstić information content (AvgIpc) is 2.42. The number of rotatable bonds is 3. The first kappa shape index (κ1) is 14.5. The van der Waals surface area contributed by atoms with Crippen LogP contribution in [0.3, 0.4) is 0 Å². The van der Waals surface area contributed by atoms with Gasteiger partial charge in [-0.25, -0.2) is 0 Å². The number of hydrogen-bond acceptors (Lipinski definition) is 2. The second-order valence-corrected chi connectivity index (χ2v) is 5.99. The summed E-state index contributed by atoms with van der Waals surface area (Å²) < 4.78 is 0.867. The normalized spacial score (nSPS) is 23.1. The fourth-order valence-corrected chi connectivity index (χ4v) is 3.22. The molecule has 19 heavy (non-hydrogen) atoms. The van der Waals surface area contributed by atoms with Gasteiger partial charge in [0.15, 0.2) is 0 Å². The third kappa shape index (κ3) is 3.37.